The molecular formula is C16H34O8P2S6. The maximum absolute atomic E-state index is 11.6. The Bertz CT molecular complexity index is 614. The maximum atomic E-state index is 11.6. The quantitative estimate of drug-likeness (QED) is 0.148. The molecular weight excluding hydrogens is 575 g/mol. The number of carbonyl (C=O) groups excluding carboxylic acids is 2. The van der Waals surface area contributed by atoms with Gasteiger partial charge in [0.2, 0.25) is 0 Å². The van der Waals surface area contributed by atoms with Gasteiger partial charge < -0.3 is 4.52 Å². The Morgan fingerprint density at radius 1 is 1.12 bits per heavy atom. The molecule has 0 aromatic carbocycles. The zero-order valence-electron chi connectivity index (χ0n) is 19.6. The van der Waals surface area contributed by atoms with Crippen LogP contribution in [0.5, 0.6) is 0 Å². The Morgan fingerprint density at radius 2 is 1.66 bits per heavy atom. The molecule has 0 spiro atoms. The molecule has 32 heavy (non-hydrogen) atoms. The molecule has 1 heterocycles. The van der Waals surface area contributed by atoms with Crippen LogP contribution in [0.2, 0.25) is 0 Å². The molecule has 1 saturated heterocycles. The normalized spacial score (nSPS) is 21.4. The van der Waals surface area contributed by atoms with Crippen molar-refractivity contribution in [3.8, 4) is 0 Å². The zero-order chi connectivity index (χ0) is 24.9. The van der Waals surface area contributed by atoms with E-state index in [0.29, 0.717) is 26.4 Å². The van der Waals surface area contributed by atoms with E-state index in [1.807, 2.05) is 33.3 Å². The number of rotatable bonds is 14. The summed E-state index contributed by atoms with van der Waals surface area (Å²) >= 11 is 6.49. The van der Waals surface area contributed by atoms with E-state index in [2.05, 4.69) is 0 Å². The molecule has 1 aliphatic heterocycles. The molecule has 1 aliphatic rings. The summed E-state index contributed by atoms with van der Waals surface area (Å²) < 4.78 is 32.6. The molecule has 0 bridgehead atoms. The summed E-state index contributed by atoms with van der Waals surface area (Å²) in [6, 6.07) is 0. The second-order valence-electron chi connectivity index (χ2n) is 5.58. The molecule has 1 rings (SSSR count). The molecule has 0 aliphatic carbocycles. The van der Waals surface area contributed by atoms with Crippen molar-refractivity contribution in [2.75, 3.05) is 38.9 Å². The van der Waals surface area contributed by atoms with Crippen molar-refractivity contribution >= 4 is 90.3 Å². The second kappa shape index (κ2) is 16.4. The van der Waals surface area contributed by atoms with Crippen LogP contribution in [0.4, 0.5) is 0 Å². The first kappa shape index (κ1) is 33.6. The third-order valence-corrected chi connectivity index (χ3v) is 21.6. The molecule has 0 saturated carbocycles. The van der Waals surface area contributed by atoms with E-state index in [-0.39, 0.29) is 22.4 Å². The van der Waals surface area contributed by atoms with Crippen LogP contribution in [0.15, 0.2) is 0 Å². The molecule has 1 fully saturated rings. The van der Waals surface area contributed by atoms with Crippen LogP contribution in [0.3, 0.4) is 0 Å². The Hall–Kier alpha value is 1.61. The van der Waals surface area contributed by atoms with Crippen LogP contribution in [-0.4, -0.2) is 61.4 Å². The first-order chi connectivity index (χ1) is 15.0. The van der Waals surface area contributed by atoms with Gasteiger partial charge in [0.05, 0.1) is 13.2 Å². The van der Waals surface area contributed by atoms with Crippen LogP contribution >= 0.6 is 66.6 Å². The summed E-state index contributed by atoms with van der Waals surface area (Å²) in [7, 11) is 5.84. The first-order valence-corrected chi connectivity index (χ1v) is 21.6. The third kappa shape index (κ3) is 10.7. The average Bonchev–Trinajstić information content (AvgIpc) is 2.93. The molecule has 8 nitrogen and oxygen atoms in total. The molecule has 2 atom stereocenters. The van der Waals surface area contributed by atoms with Crippen molar-refractivity contribution in [1.82, 2.24) is 0 Å². The van der Waals surface area contributed by atoms with Crippen molar-refractivity contribution in [3.63, 3.8) is 0 Å². The number of hydrogen-bond acceptors (Lipinski definition) is 14. The molecule has 0 aromatic heterocycles. The predicted molar refractivity (Wildman–Crippen MR) is 149 cm³/mol. The van der Waals surface area contributed by atoms with E-state index >= 15 is 0 Å². The Labute approximate surface area is 216 Å². The third-order valence-electron chi connectivity index (χ3n) is 3.13. The fourth-order valence-electron chi connectivity index (χ4n) is 2.09. The molecule has 2 unspecified atom stereocenters. The minimum absolute atomic E-state index is 0.226. The SMILES string of the molecule is CCOP(=S)(OCC)OC(=O)C(C)SSC.CCOP1(OCC)(SSC)OC(=O)C(C)S1. The fourth-order valence-corrected chi connectivity index (χ4v) is 21.0. The van der Waals surface area contributed by atoms with Gasteiger partial charge in [-0.2, -0.15) is 0 Å². The van der Waals surface area contributed by atoms with Crippen molar-refractivity contribution in [3.05, 3.63) is 0 Å². The van der Waals surface area contributed by atoms with Gasteiger partial charge in [0.25, 0.3) is 0 Å². The Morgan fingerprint density at radius 3 is 2.00 bits per heavy atom. The molecule has 0 N–H and O–H groups in total. The van der Waals surface area contributed by atoms with Gasteiger partial charge in [0.1, 0.15) is 5.25 Å². The Kier molecular flexibility index (Phi) is 17.2. The summed E-state index contributed by atoms with van der Waals surface area (Å²) in [5, 5.41) is -0.506. The average molecular weight is 609 g/mol. The van der Waals surface area contributed by atoms with Crippen LogP contribution in [-0.2, 0) is 48.5 Å². The van der Waals surface area contributed by atoms with Gasteiger partial charge in [-0.05, 0) is 27.0 Å². The standard InChI is InChI=1S/2C8H17O4PS3/c1-5-10-13(11-6-2,16-14-4)12-8(9)7(3)15-13;1-5-10-13(14,11-6-2)12-8(9)7(3)16-15-4/h2*7H,5-6H2,1-4H3. The summed E-state index contributed by atoms with van der Waals surface area (Å²) in [4.78, 5) is 23.3. The van der Waals surface area contributed by atoms with Crippen molar-refractivity contribution in [2.45, 2.75) is 52.0 Å². The summed E-state index contributed by atoms with van der Waals surface area (Å²) in [5.74, 6) is -0.629. The van der Waals surface area contributed by atoms with E-state index in [9.17, 15) is 9.59 Å². The predicted octanol–water partition coefficient (Wildman–Crippen LogP) is 7.10. The van der Waals surface area contributed by atoms with Gasteiger partial charge in [0, 0.05) is 11.8 Å². The molecule has 192 valence electrons. The van der Waals surface area contributed by atoms with Crippen molar-refractivity contribution in [1.29, 1.82) is 0 Å². The summed E-state index contributed by atoms with van der Waals surface area (Å²) in [6.07, 6.45) is 3.82. The van der Waals surface area contributed by atoms with Crippen LogP contribution in [0.25, 0.3) is 0 Å². The van der Waals surface area contributed by atoms with Gasteiger partial charge in [-0.1, -0.05) is 21.6 Å². The Balaban J connectivity index is 0.000000601. The van der Waals surface area contributed by atoms with E-state index in [1.165, 1.54) is 54.2 Å². The van der Waals surface area contributed by atoms with Crippen molar-refractivity contribution < 1.29 is 36.7 Å². The molecule has 0 amide bonds. The van der Waals surface area contributed by atoms with Crippen LogP contribution < -0.4 is 0 Å². The van der Waals surface area contributed by atoms with Gasteiger partial charge in [0.15, 0.2) is 0 Å². The summed E-state index contributed by atoms with van der Waals surface area (Å²) in [5.41, 5.74) is -3.34. The summed E-state index contributed by atoms with van der Waals surface area (Å²) in [6.45, 7) is 9.71. The zero-order valence-corrected chi connectivity index (χ0v) is 26.3. The van der Waals surface area contributed by atoms with Crippen molar-refractivity contribution in [2.24, 2.45) is 0 Å². The molecule has 16 heteroatoms. The van der Waals surface area contributed by atoms with E-state index in [0.717, 1.165) is 0 Å². The van der Waals surface area contributed by atoms with Crippen LogP contribution in [0, 0.1) is 0 Å². The van der Waals surface area contributed by atoms with E-state index in [4.69, 9.17) is 38.9 Å². The fraction of sp³-hybridized carbons (Fsp3) is 0.875. The van der Waals surface area contributed by atoms with Gasteiger partial charge in [-0.25, -0.2) is 0 Å². The monoisotopic (exact) mass is 608 g/mol. The first-order valence-electron chi connectivity index (χ1n) is 9.80. The van der Waals surface area contributed by atoms with Gasteiger partial charge >= 0.3 is 121 Å². The van der Waals surface area contributed by atoms with Gasteiger partial charge in [-0.15, -0.1) is 0 Å². The second-order valence-corrected chi connectivity index (χ2v) is 22.8. The van der Waals surface area contributed by atoms with E-state index < -0.39 is 12.4 Å². The molecule has 0 aromatic rings. The topological polar surface area (TPSA) is 89.5 Å². The number of carbonyl (C=O) groups is 2. The molecule has 0 radical (unpaired) electrons. The number of hydrogen-bond donors (Lipinski definition) is 0. The van der Waals surface area contributed by atoms with Crippen LogP contribution in [0.1, 0.15) is 41.5 Å². The van der Waals surface area contributed by atoms with Gasteiger partial charge in [-0.3, -0.25) is 13.8 Å². The van der Waals surface area contributed by atoms with E-state index in [1.54, 1.807) is 20.8 Å². The minimum atomic E-state index is -3.34.